The molecular formula is C18H16ClFN4S. The Balaban J connectivity index is 1.59. The number of rotatable bonds is 4. The number of aromatic nitrogens is 2. The van der Waals surface area contributed by atoms with E-state index in [0.29, 0.717) is 17.3 Å². The van der Waals surface area contributed by atoms with Crippen LogP contribution in [-0.4, -0.2) is 14.9 Å². The first-order valence-electron chi connectivity index (χ1n) is 7.61. The van der Waals surface area contributed by atoms with Crippen molar-refractivity contribution in [2.45, 2.75) is 13.5 Å². The smallest absolute Gasteiger partial charge is 0.175 e. The van der Waals surface area contributed by atoms with E-state index in [-0.39, 0.29) is 5.02 Å². The van der Waals surface area contributed by atoms with Gasteiger partial charge in [-0.15, -0.1) is 0 Å². The lowest BCUT2D eigenvalue weighted by Crippen LogP contribution is -2.18. The van der Waals surface area contributed by atoms with Gasteiger partial charge >= 0.3 is 0 Å². The normalized spacial score (nSPS) is 10.5. The Kier molecular flexibility index (Phi) is 5.31. The summed E-state index contributed by atoms with van der Waals surface area (Å²) in [4.78, 5) is 0. The van der Waals surface area contributed by atoms with Gasteiger partial charge in [-0.1, -0.05) is 41.4 Å². The maximum atomic E-state index is 13.2. The number of aryl methyl sites for hydroxylation is 1. The molecule has 1 aromatic heterocycles. The fourth-order valence-electron chi connectivity index (χ4n) is 2.26. The Morgan fingerprint density at radius 3 is 2.60 bits per heavy atom. The van der Waals surface area contributed by atoms with Gasteiger partial charge in [-0.25, -0.2) is 4.39 Å². The van der Waals surface area contributed by atoms with Crippen molar-refractivity contribution in [2.24, 2.45) is 0 Å². The van der Waals surface area contributed by atoms with E-state index in [2.05, 4.69) is 46.9 Å². The number of benzene rings is 2. The van der Waals surface area contributed by atoms with Gasteiger partial charge in [0.2, 0.25) is 0 Å². The molecular weight excluding hydrogens is 359 g/mol. The van der Waals surface area contributed by atoms with E-state index in [1.807, 2.05) is 10.9 Å². The predicted molar refractivity (Wildman–Crippen MR) is 104 cm³/mol. The van der Waals surface area contributed by atoms with Crippen LogP contribution in [0.15, 0.2) is 54.9 Å². The highest BCUT2D eigenvalue weighted by molar-refractivity contribution is 7.80. The molecule has 0 bridgehead atoms. The Morgan fingerprint density at radius 2 is 1.88 bits per heavy atom. The van der Waals surface area contributed by atoms with Crippen LogP contribution in [0.3, 0.4) is 0 Å². The lowest BCUT2D eigenvalue weighted by atomic mass is 10.1. The van der Waals surface area contributed by atoms with Gasteiger partial charge in [0.25, 0.3) is 0 Å². The van der Waals surface area contributed by atoms with Crippen LogP contribution in [0.25, 0.3) is 0 Å². The summed E-state index contributed by atoms with van der Waals surface area (Å²) in [7, 11) is 0. The van der Waals surface area contributed by atoms with Crippen LogP contribution < -0.4 is 10.6 Å². The van der Waals surface area contributed by atoms with Crippen molar-refractivity contribution in [3.8, 4) is 0 Å². The zero-order valence-electron chi connectivity index (χ0n) is 13.5. The van der Waals surface area contributed by atoms with Crippen LogP contribution in [0, 0.1) is 12.7 Å². The van der Waals surface area contributed by atoms with Crippen molar-refractivity contribution in [1.29, 1.82) is 0 Å². The summed E-state index contributed by atoms with van der Waals surface area (Å²) in [5, 5.41) is 10.7. The number of hydrogen-bond donors (Lipinski definition) is 2. The number of anilines is 2. The maximum Gasteiger partial charge on any atom is 0.175 e. The molecule has 4 nitrogen and oxygen atoms in total. The van der Waals surface area contributed by atoms with Crippen LogP contribution in [0.5, 0.6) is 0 Å². The Labute approximate surface area is 155 Å². The van der Waals surface area contributed by atoms with Crippen molar-refractivity contribution < 1.29 is 4.39 Å². The standard InChI is InChI=1S/C18H16ClFN4S/c1-12-2-4-13(5-3-12)10-24-11-15(9-21-24)23-18(25)22-14-6-7-17(20)16(19)8-14/h2-9,11H,10H2,1H3,(H2,22,23,25). The maximum absolute atomic E-state index is 13.2. The largest absolute Gasteiger partial charge is 0.332 e. The van der Waals surface area contributed by atoms with Crippen molar-refractivity contribution in [3.63, 3.8) is 0 Å². The minimum absolute atomic E-state index is 0.0405. The molecule has 0 aliphatic carbocycles. The molecule has 3 rings (SSSR count). The Morgan fingerprint density at radius 1 is 1.16 bits per heavy atom. The third-order valence-electron chi connectivity index (χ3n) is 3.53. The van der Waals surface area contributed by atoms with Crippen molar-refractivity contribution in [1.82, 2.24) is 9.78 Å². The van der Waals surface area contributed by atoms with Crippen LogP contribution in [-0.2, 0) is 6.54 Å². The summed E-state index contributed by atoms with van der Waals surface area (Å²) in [6.07, 6.45) is 3.56. The summed E-state index contributed by atoms with van der Waals surface area (Å²) >= 11 is 11.0. The van der Waals surface area contributed by atoms with E-state index < -0.39 is 5.82 Å². The molecule has 2 N–H and O–H groups in total. The summed E-state index contributed by atoms with van der Waals surface area (Å²) < 4.78 is 15.0. The van der Waals surface area contributed by atoms with E-state index in [9.17, 15) is 4.39 Å². The number of halogens is 2. The van der Waals surface area contributed by atoms with Crippen LogP contribution in [0.1, 0.15) is 11.1 Å². The second-order valence-electron chi connectivity index (χ2n) is 5.62. The van der Waals surface area contributed by atoms with Gasteiger partial charge in [0, 0.05) is 11.9 Å². The van der Waals surface area contributed by atoms with Crippen LogP contribution >= 0.6 is 23.8 Å². The summed E-state index contributed by atoms with van der Waals surface area (Å²) in [5.74, 6) is -0.469. The molecule has 0 saturated carbocycles. The highest BCUT2D eigenvalue weighted by Crippen LogP contribution is 2.19. The van der Waals surface area contributed by atoms with Gasteiger partial charge in [-0.2, -0.15) is 5.10 Å². The molecule has 25 heavy (non-hydrogen) atoms. The molecule has 3 aromatic rings. The third-order valence-corrected chi connectivity index (χ3v) is 4.03. The van der Waals surface area contributed by atoms with E-state index in [0.717, 1.165) is 5.69 Å². The quantitative estimate of drug-likeness (QED) is 0.641. The zero-order chi connectivity index (χ0) is 17.8. The molecule has 0 atom stereocenters. The first-order chi connectivity index (χ1) is 12.0. The molecule has 7 heteroatoms. The third kappa shape index (κ3) is 4.78. The minimum Gasteiger partial charge on any atom is -0.332 e. The monoisotopic (exact) mass is 374 g/mol. The first-order valence-corrected chi connectivity index (χ1v) is 8.39. The van der Waals surface area contributed by atoms with Crippen LogP contribution in [0.4, 0.5) is 15.8 Å². The Bertz CT molecular complexity index is 892. The summed E-state index contributed by atoms with van der Waals surface area (Å²) in [5.41, 5.74) is 3.76. The average Bonchev–Trinajstić information content (AvgIpc) is 3.00. The number of nitrogens with zero attached hydrogens (tertiary/aromatic N) is 2. The molecule has 0 radical (unpaired) electrons. The van der Waals surface area contributed by atoms with Crippen molar-refractivity contribution in [2.75, 3.05) is 10.6 Å². The lowest BCUT2D eigenvalue weighted by molar-refractivity contribution is 0.628. The zero-order valence-corrected chi connectivity index (χ0v) is 15.0. The molecule has 2 aromatic carbocycles. The highest BCUT2D eigenvalue weighted by atomic mass is 35.5. The highest BCUT2D eigenvalue weighted by Gasteiger charge is 2.05. The van der Waals surface area contributed by atoms with E-state index in [4.69, 9.17) is 23.8 Å². The molecule has 128 valence electrons. The van der Waals surface area contributed by atoms with Crippen molar-refractivity contribution in [3.05, 3.63) is 76.8 Å². The Hall–Kier alpha value is -2.44. The second kappa shape index (κ2) is 7.63. The molecule has 0 saturated heterocycles. The SMILES string of the molecule is Cc1ccc(Cn2cc(NC(=S)Nc3ccc(F)c(Cl)c3)cn2)cc1. The van der Waals surface area contributed by atoms with Gasteiger partial charge in [-0.05, 0) is 42.9 Å². The summed E-state index contributed by atoms with van der Waals surface area (Å²) in [6, 6.07) is 12.6. The minimum atomic E-state index is -0.469. The number of thiocarbonyl (C=S) groups is 1. The van der Waals surface area contributed by atoms with Crippen LogP contribution in [0.2, 0.25) is 5.02 Å². The number of hydrogen-bond acceptors (Lipinski definition) is 2. The molecule has 0 fully saturated rings. The van der Waals surface area contributed by atoms with E-state index in [1.165, 1.54) is 23.3 Å². The number of nitrogens with one attached hydrogen (secondary N) is 2. The average molecular weight is 375 g/mol. The van der Waals surface area contributed by atoms with Gasteiger partial charge < -0.3 is 10.6 Å². The topological polar surface area (TPSA) is 41.9 Å². The van der Waals surface area contributed by atoms with E-state index >= 15 is 0 Å². The van der Waals surface area contributed by atoms with E-state index in [1.54, 1.807) is 12.3 Å². The summed E-state index contributed by atoms with van der Waals surface area (Å²) in [6.45, 7) is 2.73. The molecule has 0 spiro atoms. The van der Waals surface area contributed by atoms with Gasteiger partial charge in [0.15, 0.2) is 5.11 Å². The molecule has 0 aliphatic heterocycles. The van der Waals surface area contributed by atoms with Crippen molar-refractivity contribution >= 4 is 40.3 Å². The molecule has 1 heterocycles. The second-order valence-corrected chi connectivity index (χ2v) is 6.44. The molecule has 0 amide bonds. The lowest BCUT2D eigenvalue weighted by Gasteiger charge is -2.09. The van der Waals surface area contributed by atoms with Gasteiger partial charge in [0.1, 0.15) is 5.82 Å². The first kappa shape index (κ1) is 17.4. The molecule has 0 unspecified atom stereocenters. The fourth-order valence-corrected chi connectivity index (χ4v) is 2.68. The fraction of sp³-hybridized carbons (Fsp3) is 0.111. The van der Waals surface area contributed by atoms with Gasteiger partial charge in [0.05, 0.1) is 23.5 Å². The van der Waals surface area contributed by atoms with Gasteiger partial charge in [-0.3, -0.25) is 4.68 Å². The predicted octanol–water partition coefficient (Wildman–Crippen LogP) is 4.84. The molecule has 0 aliphatic rings.